The number of rotatable bonds is 6. The summed E-state index contributed by atoms with van der Waals surface area (Å²) in [5, 5.41) is 6.22. The number of para-hydroxylation sites is 1. The minimum atomic E-state index is -0.214. The smallest absolute Gasteiger partial charge is 0.274 e. The molecule has 0 aliphatic rings. The number of carbonyl (C=O) groups is 1. The van der Waals surface area contributed by atoms with E-state index in [-0.39, 0.29) is 5.91 Å². The van der Waals surface area contributed by atoms with Crippen molar-refractivity contribution >= 4 is 17.5 Å². The number of nitrogens with one attached hydrogen (secondary N) is 2. The molecule has 1 aromatic carbocycles. The Labute approximate surface area is 150 Å². The molecule has 0 bridgehead atoms. The third kappa shape index (κ3) is 5.02. The van der Waals surface area contributed by atoms with Crippen molar-refractivity contribution in [1.29, 1.82) is 0 Å². The molecule has 0 saturated carbocycles. The van der Waals surface area contributed by atoms with Crippen LogP contribution in [0.25, 0.3) is 0 Å². The molecular formula is C20H28N4O. The van der Waals surface area contributed by atoms with Gasteiger partial charge in [0.25, 0.3) is 5.91 Å². The van der Waals surface area contributed by atoms with Crippen LogP contribution in [0.15, 0.2) is 24.3 Å². The lowest BCUT2D eigenvalue weighted by Crippen LogP contribution is -2.19. The van der Waals surface area contributed by atoms with Crippen molar-refractivity contribution in [3.8, 4) is 0 Å². The van der Waals surface area contributed by atoms with Gasteiger partial charge in [-0.25, -0.2) is 9.97 Å². The number of amides is 1. The van der Waals surface area contributed by atoms with Gasteiger partial charge in [-0.3, -0.25) is 4.79 Å². The maximum atomic E-state index is 12.8. The van der Waals surface area contributed by atoms with Crippen molar-refractivity contribution in [2.24, 2.45) is 5.92 Å². The zero-order chi connectivity index (χ0) is 18.6. The molecule has 1 heterocycles. The molecule has 134 valence electrons. The summed E-state index contributed by atoms with van der Waals surface area (Å²) in [5.41, 5.74) is 4.17. The summed E-state index contributed by atoms with van der Waals surface area (Å²) in [4.78, 5) is 21.5. The molecule has 0 aliphatic carbocycles. The Morgan fingerprint density at radius 2 is 1.84 bits per heavy atom. The molecule has 1 amide bonds. The highest BCUT2D eigenvalue weighted by Crippen LogP contribution is 2.27. The van der Waals surface area contributed by atoms with Gasteiger partial charge in [0, 0.05) is 17.9 Å². The van der Waals surface area contributed by atoms with Crippen molar-refractivity contribution in [2.75, 3.05) is 17.2 Å². The Kier molecular flexibility index (Phi) is 6.12. The number of benzene rings is 1. The SMILES string of the molecule is Cc1cc(C(=O)Nc2c(C)cccc2C(C)C)nc(NCC(C)C)n1. The Hall–Kier alpha value is -2.43. The maximum Gasteiger partial charge on any atom is 0.274 e. The topological polar surface area (TPSA) is 66.9 Å². The summed E-state index contributed by atoms with van der Waals surface area (Å²) in [6.45, 7) is 13.1. The lowest BCUT2D eigenvalue weighted by atomic mass is 9.98. The molecule has 0 unspecified atom stereocenters. The third-order valence-corrected chi connectivity index (χ3v) is 3.92. The van der Waals surface area contributed by atoms with Crippen LogP contribution >= 0.6 is 0 Å². The first-order chi connectivity index (χ1) is 11.8. The van der Waals surface area contributed by atoms with E-state index in [4.69, 9.17) is 0 Å². The summed E-state index contributed by atoms with van der Waals surface area (Å²) in [6.07, 6.45) is 0. The summed E-state index contributed by atoms with van der Waals surface area (Å²) in [5.74, 6) is 1.08. The summed E-state index contributed by atoms with van der Waals surface area (Å²) < 4.78 is 0. The second-order valence-electron chi connectivity index (χ2n) is 7.14. The number of hydrogen-bond acceptors (Lipinski definition) is 4. The first kappa shape index (κ1) is 18.9. The van der Waals surface area contributed by atoms with Gasteiger partial charge in [0.1, 0.15) is 5.69 Å². The van der Waals surface area contributed by atoms with Gasteiger partial charge in [0.2, 0.25) is 5.95 Å². The zero-order valence-corrected chi connectivity index (χ0v) is 16.0. The predicted molar refractivity (Wildman–Crippen MR) is 103 cm³/mol. The molecule has 2 aromatic rings. The van der Waals surface area contributed by atoms with Crippen LogP contribution in [0.4, 0.5) is 11.6 Å². The molecule has 2 rings (SSSR count). The van der Waals surface area contributed by atoms with E-state index in [0.29, 0.717) is 23.5 Å². The number of nitrogens with zero attached hydrogens (tertiary/aromatic N) is 2. The van der Waals surface area contributed by atoms with Crippen LogP contribution in [0.5, 0.6) is 0 Å². The van der Waals surface area contributed by atoms with E-state index < -0.39 is 0 Å². The van der Waals surface area contributed by atoms with Crippen molar-refractivity contribution in [3.05, 3.63) is 46.8 Å². The number of carbonyl (C=O) groups excluding carboxylic acids is 1. The van der Waals surface area contributed by atoms with Gasteiger partial charge in [-0.1, -0.05) is 45.9 Å². The van der Waals surface area contributed by atoms with Crippen molar-refractivity contribution in [2.45, 2.75) is 47.5 Å². The molecule has 0 aliphatic heterocycles. The highest BCUT2D eigenvalue weighted by Gasteiger charge is 2.15. The molecule has 5 heteroatoms. The molecule has 1 aromatic heterocycles. The third-order valence-electron chi connectivity index (χ3n) is 3.92. The molecular weight excluding hydrogens is 312 g/mol. The van der Waals surface area contributed by atoms with Gasteiger partial charge < -0.3 is 10.6 Å². The Morgan fingerprint density at radius 3 is 2.48 bits per heavy atom. The summed E-state index contributed by atoms with van der Waals surface area (Å²) in [7, 11) is 0. The average Bonchev–Trinajstić information content (AvgIpc) is 2.54. The van der Waals surface area contributed by atoms with E-state index >= 15 is 0 Å². The monoisotopic (exact) mass is 340 g/mol. The normalized spacial score (nSPS) is 11.0. The van der Waals surface area contributed by atoms with Gasteiger partial charge in [-0.15, -0.1) is 0 Å². The lowest BCUT2D eigenvalue weighted by Gasteiger charge is -2.16. The van der Waals surface area contributed by atoms with Crippen LogP contribution in [-0.2, 0) is 0 Å². The fourth-order valence-electron chi connectivity index (χ4n) is 2.58. The highest BCUT2D eigenvalue weighted by atomic mass is 16.1. The summed E-state index contributed by atoms with van der Waals surface area (Å²) in [6, 6.07) is 7.78. The van der Waals surface area contributed by atoms with Crippen molar-refractivity contribution in [1.82, 2.24) is 9.97 Å². The standard InChI is InChI=1S/C20H28N4O/c1-12(2)11-21-20-22-15(6)10-17(23-20)19(25)24-18-14(5)8-7-9-16(18)13(3)4/h7-10,12-13H,11H2,1-6H3,(H,24,25)(H,21,22,23). The van der Waals surface area contributed by atoms with Gasteiger partial charge >= 0.3 is 0 Å². The predicted octanol–water partition coefficient (Wildman–Crippen LogP) is 4.54. The first-order valence-corrected chi connectivity index (χ1v) is 8.78. The molecule has 25 heavy (non-hydrogen) atoms. The quantitative estimate of drug-likeness (QED) is 0.810. The van der Waals surface area contributed by atoms with Crippen molar-refractivity contribution < 1.29 is 4.79 Å². The molecule has 0 radical (unpaired) electrons. The number of hydrogen-bond donors (Lipinski definition) is 2. The van der Waals surface area contributed by atoms with Crippen LogP contribution in [0, 0.1) is 19.8 Å². The minimum Gasteiger partial charge on any atom is -0.354 e. The van der Waals surface area contributed by atoms with Crippen LogP contribution in [0.1, 0.15) is 60.9 Å². The molecule has 2 N–H and O–H groups in total. The maximum absolute atomic E-state index is 12.8. The molecule has 0 saturated heterocycles. The lowest BCUT2D eigenvalue weighted by molar-refractivity contribution is 0.102. The molecule has 0 atom stereocenters. The van der Waals surface area contributed by atoms with E-state index in [1.54, 1.807) is 6.07 Å². The van der Waals surface area contributed by atoms with Crippen LogP contribution in [0.2, 0.25) is 0 Å². The van der Waals surface area contributed by atoms with E-state index in [9.17, 15) is 4.79 Å². The Balaban J connectivity index is 2.27. The van der Waals surface area contributed by atoms with Gasteiger partial charge in [-0.05, 0) is 42.9 Å². The fourth-order valence-corrected chi connectivity index (χ4v) is 2.58. The molecule has 0 fully saturated rings. The Bertz CT molecular complexity index is 753. The molecule has 5 nitrogen and oxygen atoms in total. The number of aromatic nitrogens is 2. The number of anilines is 2. The second kappa shape index (κ2) is 8.10. The summed E-state index contributed by atoms with van der Waals surface area (Å²) >= 11 is 0. The molecule has 0 spiro atoms. The van der Waals surface area contributed by atoms with Gasteiger partial charge in [0.15, 0.2) is 0 Å². The second-order valence-corrected chi connectivity index (χ2v) is 7.14. The van der Waals surface area contributed by atoms with Gasteiger partial charge in [0.05, 0.1) is 0 Å². The van der Waals surface area contributed by atoms with Crippen LogP contribution < -0.4 is 10.6 Å². The van der Waals surface area contributed by atoms with Crippen molar-refractivity contribution in [3.63, 3.8) is 0 Å². The minimum absolute atomic E-state index is 0.214. The average molecular weight is 340 g/mol. The van der Waals surface area contributed by atoms with E-state index in [1.807, 2.05) is 32.0 Å². The zero-order valence-electron chi connectivity index (χ0n) is 16.0. The Morgan fingerprint density at radius 1 is 1.12 bits per heavy atom. The first-order valence-electron chi connectivity index (χ1n) is 8.78. The highest BCUT2D eigenvalue weighted by molar-refractivity contribution is 6.04. The van der Waals surface area contributed by atoms with Gasteiger partial charge in [-0.2, -0.15) is 0 Å². The fraction of sp³-hybridized carbons (Fsp3) is 0.450. The van der Waals surface area contributed by atoms with E-state index in [0.717, 1.165) is 29.1 Å². The van der Waals surface area contributed by atoms with Crippen LogP contribution in [0.3, 0.4) is 0 Å². The van der Waals surface area contributed by atoms with Crippen LogP contribution in [-0.4, -0.2) is 22.4 Å². The largest absolute Gasteiger partial charge is 0.354 e. The van der Waals surface area contributed by atoms with E-state index in [1.165, 1.54) is 0 Å². The number of aryl methyl sites for hydroxylation is 2. The van der Waals surface area contributed by atoms with E-state index in [2.05, 4.69) is 48.3 Å².